The maximum Gasteiger partial charge on any atom is 0.261 e. The molecule has 1 atom stereocenters. The standard InChI is InChI=1S/C24H27NO3/c1-3-18-12-14-20(15-13-18)28-22(4-2)24(26)25-16-17-27-23-11-7-9-19-8-5-6-10-21(19)23/h5-15,22H,3-4,16-17H2,1-2H3,(H,25,26)/t22-/m1/s1. The molecule has 3 aromatic carbocycles. The molecule has 0 saturated carbocycles. The van der Waals surface area contributed by atoms with E-state index in [4.69, 9.17) is 9.47 Å². The Kier molecular flexibility index (Phi) is 6.90. The number of rotatable bonds is 9. The number of ether oxygens (including phenoxy) is 2. The minimum Gasteiger partial charge on any atom is -0.491 e. The molecule has 0 saturated heterocycles. The van der Waals surface area contributed by atoms with Crippen LogP contribution in [0.2, 0.25) is 0 Å². The maximum absolute atomic E-state index is 12.4. The number of fused-ring (bicyclic) bond motifs is 1. The van der Waals surface area contributed by atoms with Crippen molar-refractivity contribution in [1.82, 2.24) is 5.32 Å². The molecule has 0 aliphatic rings. The zero-order valence-electron chi connectivity index (χ0n) is 16.5. The largest absolute Gasteiger partial charge is 0.491 e. The van der Waals surface area contributed by atoms with Crippen LogP contribution in [-0.2, 0) is 11.2 Å². The summed E-state index contributed by atoms with van der Waals surface area (Å²) in [6.07, 6.45) is 1.07. The Morgan fingerprint density at radius 3 is 2.46 bits per heavy atom. The van der Waals surface area contributed by atoms with Gasteiger partial charge < -0.3 is 14.8 Å². The van der Waals surface area contributed by atoms with E-state index in [1.165, 1.54) is 5.56 Å². The number of hydrogen-bond donors (Lipinski definition) is 1. The third-order valence-corrected chi connectivity index (χ3v) is 4.68. The van der Waals surface area contributed by atoms with Gasteiger partial charge in [0.05, 0.1) is 6.54 Å². The lowest BCUT2D eigenvalue weighted by atomic mass is 10.1. The zero-order valence-corrected chi connectivity index (χ0v) is 16.5. The van der Waals surface area contributed by atoms with Crippen LogP contribution >= 0.6 is 0 Å². The van der Waals surface area contributed by atoms with Gasteiger partial charge in [0, 0.05) is 5.39 Å². The van der Waals surface area contributed by atoms with Crippen molar-refractivity contribution < 1.29 is 14.3 Å². The fourth-order valence-corrected chi connectivity index (χ4v) is 3.06. The summed E-state index contributed by atoms with van der Waals surface area (Å²) in [5.74, 6) is 1.42. The van der Waals surface area contributed by atoms with Crippen molar-refractivity contribution in [2.75, 3.05) is 13.2 Å². The lowest BCUT2D eigenvalue weighted by Crippen LogP contribution is -2.39. The van der Waals surface area contributed by atoms with Crippen LogP contribution in [-0.4, -0.2) is 25.2 Å². The highest BCUT2D eigenvalue weighted by Gasteiger charge is 2.17. The molecule has 0 radical (unpaired) electrons. The van der Waals surface area contributed by atoms with Gasteiger partial charge in [0.2, 0.25) is 0 Å². The van der Waals surface area contributed by atoms with Gasteiger partial charge in [-0.2, -0.15) is 0 Å². The van der Waals surface area contributed by atoms with Crippen molar-refractivity contribution in [3.63, 3.8) is 0 Å². The van der Waals surface area contributed by atoms with Crippen molar-refractivity contribution in [2.45, 2.75) is 32.8 Å². The Morgan fingerprint density at radius 2 is 1.71 bits per heavy atom. The van der Waals surface area contributed by atoms with Gasteiger partial charge in [-0.1, -0.05) is 62.4 Å². The zero-order chi connectivity index (χ0) is 19.8. The minimum absolute atomic E-state index is 0.122. The molecule has 4 heteroatoms. The molecule has 3 rings (SSSR count). The molecular weight excluding hydrogens is 350 g/mol. The first-order valence-electron chi connectivity index (χ1n) is 9.85. The molecule has 28 heavy (non-hydrogen) atoms. The van der Waals surface area contributed by atoms with E-state index < -0.39 is 6.10 Å². The van der Waals surface area contributed by atoms with Gasteiger partial charge in [-0.3, -0.25) is 4.79 Å². The van der Waals surface area contributed by atoms with Crippen LogP contribution in [0.25, 0.3) is 10.8 Å². The lowest BCUT2D eigenvalue weighted by molar-refractivity contribution is -0.128. The summed E-state index contributed by atoms with van der Waals surface area (Å²) < 4.78 is 11.7. The summed E-state index contributed by atoms with van der Waals surface area (Å²) in [6, 6.07) is 21.9. The number of carbonyl (C=O) groups is 1. The number of carbonyl (C=O) groups excluding carboxylic acids is 1. The van der Waals surface area contributed by atoms with Gasteiger partial charge in [-0.15, -0.1) is 0 Å². The quantitative estimate of drug-likeness (QED) is 0.547. The summed E-state index contributed by atoms with van der Waals surface area (Å²) >= 11 is 0. The fourth-order valence-electron chi connectivity index (χ4n) is 3.06. The van der Waals surface area contributed by atoms with Crippen molar-refractivity contribution in [3.8, 4) is 11.5 Å². The van der Waals surface area contributed by atoms with Gasteiger partial charge in [0.25, 0.3) is 5.91 Å². The van der Waals surface area contributed by atoms with Crippen LogP contribution in [0, 0.1) is 0 Å². The molecule has 3 aromatic rings. The van der Waals surface area contributed by atoms with E-state index in [-0.39, 0.29) is 5.91 Å². The lowest BCUT2D eigenvalue weighted by Gasteiger charge is -2.18. The van der Waals surface area contributed by atoms with E-state index in [2.05, 4.69) is 24.4 Å². The van der Waals surface area contributed by atoms with E-state index in [0.717, 1.165) is 22.9 Å². The third-order valence-electron chi connectivity index (χ3n) is 4.68. The van der Waals surface area contributed by atoms with Crippen molar-refractivity contribution >= 4 is 16.7 Å². The minimum atomic E-state index is -0.509. The average molecular weight is 377 g/mol. The Morgan fingerprint density at radius 1 is 0.964 bits per heavy atom. The molecule has 0 aromatic heterocycles. The highest BCUT2D eigenvalue weighted by atomic mass is 16.5. The number of hydrogen-bond acceptors (Lipinski definition) is 3. The van der Waals surface area contributed by atoms with Crippen molar-refractivity contribution in [1.29, 1.82) is 0 Å². The first-order chi connectivity index (χ1) is 13.7. The molecular formula is C24H27NO3. The van der Waals surface area contributed by atoms with Crippen LogP contribution in [0.1, 0.15) is 25.8 Å². The molecule has 0 bridgehead atoms. The summed E-state index contributed by atoms with van der Waals surface area (Å²) in [6.45, 7) is 4.88. The van der Waals surface area contributed by atoms with E-state index in [1.807, 2.05) is 61.5 Å². The number of amides is 1. The smallest absolute Gasteiger partial charge is 0.261 e. The highest BCUT2D eigenvalue weighted by molar-refractivity contribution is 5.88. The fraction of sp³-hybridized carbons (Fsp3) is 0.292. The molecule has 0 heterocycles. The molecule has 0 spiro atoms. The predicted octanol–water partition coefficient (Wildman–Crippen LogP) is 4.75. The monoisotopic (exact) mass is 377 g/mol. The first-order valence-corrected chi connectivity index (χ1v) is 9.85. The highest BCUT2D eigenvalue weighted by Crippen LogP contribution is 2.24. The van der Waals surface area contributed by atoms with E-state index in [9.17, 15) is 4.79 Å². The Hall–Kier alpha value is -3.01. The van der Waals surface area contributed by atoms with Gasteiger partial charge in [0.15, 0.2) is 6.10 Å². The summed E-state index contributed by atoms with van der Waals surface area (Å²) in [5, 5.41) is 5.11. The van der Waals surface area contributed by atoms with Gasteiger partial charge >= 0.3 is 0 Å². The summed E-state index contributed by atoms with van der Waals surface area (Å²) in [5.41, 5.74) is 1.25. The molecule has 1 amide bonds. The third kappa shape index (κ3) is 5.03. The molecule has 0 aliphatic heterocycles. The normalized spacial score (nSPS) is 11.8. The van der Waals surface area contributed by atoms with Gasteiger partial charge in [0.1, 0.15) is 18.1 Å². The van der Waals surface area contributed by atoms with E-state index in [1.54, 1.807) is 0 Å². The van der Waals surface area contributed by atoms with E-state index in [0.29, 0.717) is 25.3 Å². The van der Waals surface area contributed by atoms with Gasteiger partial charge in [-0.25, -0.2) is 0 Å². The first kappa shape index (κ1) is 19.7. The molecule has 4 nitrogen and oxygen atoms in total. The second-order valence-corrected chi connectivity index (χ2v) is 6.63. The molecule has 0 fully saturated rings. The topological polar surface area (TPSA) is 47.6 Å². The summed E-state index contributed by atoms with van der Waals surface area (Å²) in [7, 11) is 0. The molecule has 146 valence electrons. The molecule has 1 N–H and O–H groups in total. The second kappa shape index (κ2) is 9.79. The van der Waals surface area contributed by atoms with Crippen LogP contribution in [0.4, 0.5) is 0 Å². The van der Waals surface area contributed by atoms with Crippen LogP contribution in [0.15, 0.2) is 66.7 Å². The van der Waals surface area contributed by atoms with E-state index >= 15 is 0 Å². The second-order valence-electron chi connectivity index (χ2n) is 6.63. The molecule has 0 unspecified atom stereocenters. The predicted molar refractivity (Wildman–Crippen MR) is 113 cm³/mol. The maximum atomic E-state index is 12.4. The SMILES string of the molecule is CCc1ccc(O[C@H](CC)C(=O)NCCOc2cccc3ccccc23)cc1. The number of nitrogens with one attached hydrogen (secondary N) is 1. The number of benzene rings is 3. The van der Waals surface area contributed by atoms with Gasteiger partial charge in [-0.05, 0) is 42.0 Å². The van der Waals surface area contributed by atoms with Crippen LogP contribution in [0.3, 0.4) is 0 Å². The van der Waals surface area contributed by atoms with Crippen LogP contribution < -0.4 is 14.8 Å². The van der Waals surface area contributed by atoms with Crippen LogP contribution in [0.5, 0.6) is 11.5 Å². The summed E-state index contributed by atoms with van der Waals surface area (Å²) in [4.78, 5) is 12.4. The number of aryl methyl sites for hydroxylation is 1. The molecule has 0 aliphatic carbocycles. The Labute approximate surface area is 166 Å². The van der Waals surface area contributed by atoms with Crippen molar-refractivity contribution in [2.24, 2.45) is 0 Å². The Bertz CT molecular complexity index is 900. The Balaban J connectivity index is 1.49. The van der Waals surface area contributed by atoms with Crippen molar-refractivity contribution in [3.05, 3.63) is 72.3 Å². The average Bonchev–Trinajstić information content (AvgIpc) is 2.75.